The Morgan fingerprint density at radius 2 is 0.893 bits per heavy atom. The van der Waals surface area contributed by atoms with Crippen molar-refractivity contribution in [1.82, 2.24) is 15.0 Å². The van der Waals surface area contributed by atoms with Gasteiger partial charge < -0.3 is 8.83 Å². The molecule has 0 bridgehead atoms. The topological polar surface area (TPSA) is 65.0 Å². The zero-order valence-electron chi connectivity index (χ0n) is 29.9. The fourth-order valence-electron chi connectivity index (χ4n) is 8.45. The summed E-state index contributed by atoms with van der Waals surface area (Å²) in [5.74, 6) is 1.75. The average molecular weight is 716 g/mol. The van der Waals surface area contributed by atoms with E-state index in [4.69, 9.17) is 23.8 Å². The van der Waals surface area contributed by atoms with E-state index in [-0.39, 0.29) is 0 Å². The molecule has 3 aromatic heterocycles. The number of para-hydroxylation sites is 2. The zero-order chi connectivity index (χ0) is 36.7. The van der Waals surface area contributed by atoms with Crippen LogP contribution in [0.3, 0.4) is 0 Å². The van der Waals surface area contributed by atoms with E-state index in [1.807, 2.05) is 42.5 Å². The maximum Gasteiger partial charge on any atom is 0.164 e. The highest BCUT2D eigenvalue weighted by atomic mass is 16.3. The van der Waals surface area contributed by atoms with E-state index in [1.165, 1.54) is 16.2 Å². The van der Waals surface area contributed by atoms with E-state index in [2.05, 4.69) is 133 Å². The molecule has 12 rings (SSSR count). The summed E-state index contributed by atoms with van der Waals surface area (Å²) in [4.78, 5) is 15.9. The Kier molecular flexibility index (Phi) is 6.56. The first-order valence-electron chi connectivity index (χ1n) is 18.8. The highest BCUT2D eigenvalue weighted by Gasteiger charge is 2.22. The number of fused-ring (bicyclic) bond motifs is 10. The van der Waals surface area contributed by atoms with Crippen LogP contribution in [-0.2, 0) is 0 Å². The van der Waals surface area contributed by atoms with Crippen LogP contribution in [0.5, 0.6) is 0 Å². The van der Waals surface area contributed by atoms with Crippen molar-refractivity contribution < 1.29 is 8.83 Å². The molecule has 0 saturated carbocycles. The minimum absolute atomic E-state index is 0.570. The number of rotatable bonds is 4. The van der Waals surface area contributed by atoms with Gasteiger partial charge in [0.2, 0.25) is 0 Å². The van der Waals surface area contributed by atoms with Crippen molar-refractivity contribution >= 4 is 76.2 Å². The number of hydrogen-bond donors (Lipinski definition) is 0. The fourth-order valence-corrected chi connectivity index (χ4v) is 8.45. The third-order valence-electron chi connectivity index (χ3n) is 11.1. The molecule has 12 aromatic rings. The van der Waals surface area contributed by atoms with E-state index >= 15 is 0 Å². The lowest BCUT2D eigenvalue weighted by molar-refractivity contribution is 0.669. The van der Waals surface area contributed by atoms with Gasteiger partial charge in [0.15, 0.2) is 17.5 Å². The number of nitrogens with zero attached hydrogens (tertiary/aromatic N) is 3. The van der Waals surface area contributed by atoms with Crippen LogP contribution >= 0.6 is 0 Å². The summed E-state index contributed by atoms with van der Waals surface area (Å²) in [6.45, 7) is 0. The summed E-state index contributed by atoms with van der Waals surface area (Å²) in [6.07, 6.45) is 0. The van der Waals surface area contributed by atoms with Gasteiger partial charge in [-0.2, -0.15) is 0 Å². The van der Waals surface area contributed by atoms with Gasteiger partial charge in [-0.05, 0) is 92.5 Å². The van der Waals surface area contributed by atoms with E-state index in [1.54, 1.807) is 0 Å². The van der Waals surface area contributed by atoms with Crippen molar-refractivity contribution in [3.8, 4) is 45.3 Å². The van der Waals surface area contributed by atoms with Gasteiger partial charge in [0.25, 0.3) is 0 Å². The number of aromatic nitrogens is 3. The second-order valence-corrected chi connectivity index (χ2v) is 14.3. The van der Waals surface area contributed by atoms with Gasteiger partial charge >= 0.3 is 0 Å². The van der Waals surface area contributed by atoms with Crippen molar-refractivity contribution in [2.24, 2.45) is 0 Å². The van der Waals surface area contributed by atoms with Crippen molar-refractivity contribution in [2.75, 3.05) is 0 Å². The lowest BCUT2D eigenvalue weighted by atomic mass is 9.96. The zero-order valence-corrected chi connectivity index (χ0v) is 29.9. The molecule has 0 fully saturated rings. The lowest BCUT2D eigenvalue weighted by Crippen LogP contribution is -2.01. The summed E-state index contributed by atoms with van der Waals surface area (Å²) >= 11 is 0. The van der Waals surface area contributed by atoms with Gasteiger partial charge in [0.05, 0.1) is 0 Å². The molecule has 56 heavy (non-hydrogen) atoms. The van der Waals surface area contributed by atoms with Crippen LogP contribution in [0.15, 0.2) is 185 Å². The largest absolute Gasteiger partial charge is 0.456 e. The average Bonchev–Trinajstić information content (AvgIpc) is 3.84. The molecule has 0 saturated heterocycles. The second-order valence-electron chi connectivity index (χ2n) is 14.3. The summed E-state index contributed by atoms with van der Waals surface area (Å²) in [6, 6.07) is 61.0. The molecule has 0 spiro atoms. The highest BCUT2D eigenvalue weighted by molar-refractivity contribution is 6.17. The molecule has 3 heterocycles. The van der Waals surface area contributed by atoms with Crippen LogP contribution in [0.2, 0.25) is 0 Å². The SMILES string of the molecule is c1ccc2cc(-c3ccc(-c4nc(-c5ccc6oc7ccccc7c6c5)nc(-c5cc6ccccc6c6ccccc56)n4)c4c3oc3ccccc34)ccc2c1. The van der Waals surface area contributed by atoms with E-state index in [0.717, 1.165) is 87.9 Å². The van der Waals surface area contributed by atoms with Crippen LogP contribution in [0, 0.1) is 0 Å². The number of hydrogen-bond acceptors (Lipinski definition) is 5. The maximum absolute atomic E-state index is 6.75. The predicted octanol–water partition coefficient (Wildman–Crippen LogP) is 13.8. The molecule has 5 heteroatoms. The van der Waals surface area contributed by atoms with Crippen LogP contribution < -0.4 is 0 Å². The monoisotopic (exact) mass is 715 g/mol. The Morgan fingerprint density at radius 3 is 1.73 bits per heavy atom. The molecule has 9 aromatic carbocycles. The molecule has 0 atom stereocenters. The molecule has 260 valence electrons. The van der Waals surface area contributed by atoms with Crippen LogP contribution in [0.25, 0.3) is 121 Å². The number of benzene rings is 9. The number of furan rings is 2. The maximum atomic E-state index is 6.75. The third-order valence-corrected chi connectivity index (χ3v) is 11.1. The summed E-state index contributed by atoms with van der Waals surface area (Å²) in [5, 5.41) is 11.0. The first kappa shape index (κ1) is 30.8. The minimum atomic E-state index is 0.570. The quantitative estimate of drug-likeness (QED) is 0.170. The van der Waals surface area contributed by atoms with E-state index in [9.17, 15) is 0 Å². The van der Waals surface area contributed by atoms with Crippen molar-refractivity contribution in [3.63, 3.8) is 0 Å². The molecule has 0 amide bonds. The Balaban J connectivity index is 1.15. The first-order valence-corrected chi connectivity index (χ1v) is 18.8. The van der Waals surface area contributed by atoms with Gasteiger partial charge in [0.1, 0.15) is 22.3 Å². The molecule has 0 N–H and O–H groups in total. The molecule has 5 nitrogen and oxygen atoms in total. The molecule has 0 unspecified atom stereocenters. The van der Waals surface area contributed by atoms with Crippen molar-refractivity contribution in [1.29, 1.82) is 0 Å². The summed E-state index contributed by atoms with van der Waals surface area (Å²) in [7, 11) is 0. The lowest BCUT2D eigenvalue weighted by Gasteiger charge is -2.13. The van der Waals surface area contributed by atoms with Gasteiger partial charge in [-0.3, -0.25) is 0 Å². The molecular weight excluding hydrogens is 687 g/mol. The standard InChI is InChI=1S/C51H29N3O2/c1-2-12-31-27-33(22-21-30(31)11-1)36-24-25-41(47-40-18-8-10-20-45(40)56-48(36)47)50-52-49(34-23-26-46-42(29-34)39-17-7-9-19-44(39)55-46)53-51(54-50)43-28-32-13-3-4-14-35(32)37-15-5-6-16-38(37)43/h1-29H. The van der Waals surface area contributed by atoms with Crippen LogP contribution in [0.1, 0.15) is 0 Å². The van der Waals surface area contributed by atoms with Gasteiger partial charge in [0, 0.05) is 43.8 Å². The third kappa shape index (κ3) is 4.71. The molecule has 0 radical (unpaired) electrons. The van der Waals surface area contributed by atoms with Crippen LogP contribution in [-0.4, -0.2) is 15.0 Å². The normalized spacial score (nSPS) is 11.9. The van der Waals surface area contributed by atoms with Gasteiger partial charge in [-0.25, -0.2) is 15.0 Å². The molecule has 0 aliphatic heterocycles. The Labute approximate surface area is 320 Å². The van der Waals surface area contributed by atoms with E-state index in [0.29, 0.717) is 17.5 Å². The summed E-state index contributed by atoms with van der Waals surface area (Å²) < 4.78 is 13.0. The predicted molar refractivity (Wildman–Crippen MR) is 229 cm³/mol. The van der Waals surface area contributed by atoms with Crippen LogP contribution in [0.4, 0.5) is 0 Å². The van der Waals surface area contributed by atoms with Crippen molar-refractivity contribution in [2.45, 2.75) is 0 Å². The smallest absolute Gasteiger partial charge is 0.164 e. The van der Waals surface area contributed by atoms with Crippen molar-refractivity contribution in [3.05, 3.63) is 176 Å². The first-order chi connectivity index (χ1) is 27.7. The Bertz CT molecular complexity index is 3560. The summed E-state index contributed by atoms with van der Waals surface area (Å²) in [5.41, 5.74) is 8.06. The highest BCUT2D eigenvalue weighted by Crippen LogP contribution is 2.43. The van der Waals surface area contributed by atoms with Gasteiger partial charge in [-0.1, -0.05) is 121 Å². The Hall–Kier alpha value is -7.63. The Morgan fingerprint density at radius 1 is 0.304 bits per heavy atom. The molecule has 0 aliphatic carbocycles. The fraction of sp³-hybridized carbons (Fsp3) is 0. The second kappa shape index (κ2) is 11.9. The molecule has 0 aliphatic rings. The van der Waals surface area contributed by atoms with E-state index < -0.39 is 0 Å². The molecular formula is C51H29N3O2. The van der Waals surface area contributed by atoms with Gasteiger partial charge in [-0.15, -0.1) is 0 Å². The minimum Gasteiger partial charge on any atom is -0.456 e.